The number of aliphatic hydroxyl groups excluding tert-OH is 1. The molecule has 0 aliphatic carbocycles. The monoisotopic (exact) mass is 584 g/mol. The summed E-state index contributed by atoms with van der Waals surface area (Å²) in [5.74, 6) is -0.533. The van der Waals surface area contributed by atoms with Gasteiger partial charge in [-0.2, -0.15) is 4.31 Å². The number of allylic oxidation sites excluding steroid dienone is 1. The van der Waals surface area contributed by atoms with Crippen molar-refractivity contribution < 1.29 is 36.9 Å². The van der Waals surface area contributed by atoms with Gasteiger partial charge in [0.05, 0.1) is 25.2 Å². The normalized spacial score (nSPS) is 17.0. The van der Waals surface area contributed by atoms with Crippen molar-refractivity contribution in [2.75, 3.05) is 33.4 Å². The van der Waals surface area contributed by atoms with Gasteiger partial charge in [-0.1, -0.05) is 42.5 Å². The van der Waals surface area contributed by atoms with Crippen molar-refractivity contribution in [3.05, 3.63) is 108 Å². The van der Waals surface area contributed by atoms with Gasteiger partial charge in [-0.25, -0.2) is 12.8 Å². The van der Waals surface area contributed by atoms with Crippen LogP contribution in [0, 0.1) is 5.82 Å². The number of ether oxygens (including phenoxy) is 3. The quantitative estimate of drug-likeness (QED) is 0.316. The zero-order chi connectivity index (χ0) is 29.2. The van der Waals surface area contributed by atoms with Crippen molar-refractivity contribution in [2.24, 2.45) is 0 Å². The van der Waals surface area contributed by atoms with E-state index in [-0.39, 0.29) is 48.7 Å². The summed E-state index contributed by atoms with van der Waals surface area (Å²) in [6.07, 6.45) is 1.14. The molecule has 0 bridgehead atoms. The topological polar surface area (TPSA) is 114 Å². The molecule has 11 heteroatoms. The first-order chi connectivity index (χ1) is 19.8. The average molecular weight is 585 g/mol. The second kappa shape index (κ2) is 14.2. The molecular weight excluding hydrogens is 551 g/mol. The molecule has 0 aromatic heterocycles. The second-order valence-electron chi connectivity index (χ2n) is 9.31. The first-order valence-corrected chi connectivity index (χ1v) is 14.6. The van der Waals surface area contributed by atoms with Gasteiger partial charge in [0.15, 0.2) is 5.76 Å². The van der Waals surface area contributed by atoms with E-state index in [4.69, 9.17) is 14.2 Å². The van der Waals surface area contributed by atoms with E-state index in [2.05, 4.69) is 5.32 Å². The van der Waals surface area contributed by atoms with E-state index in [1.165, 1.54) is 31.4 Å². The van der Waals surface area contributed by atoms with Crippen LogP contribution in [0.2, 0.25) is 0 Å². The van der Waals surface area contributed by atoms with Crippen LogP contribution in [0.1, 0.15) is 23.5 Å². The molecule has 1 amide bonds. The third-order valence-electron chi connectivity index (χ3n) is 6.57. The Kier molecular flexibility index (Phi) is 10.5. The van der Waals surface area contributed by atoms with Crippen molar-refractivity contribution in [3.63, 3.8) is 0 Å². The van der Waals surface area contributed by atoms with Crippen molar-refractivity contribution in [3.8, 4) is 5.75 Å². The van der Waals surface area contributed by atoms with Crippen LogP contribution in [0.3, 0.4) is 0 Å². The summed E-state index contributed by atoms with van der Waals surface area (Å²) in [5, 5.41) is 12.4. The molecule has 0 spiro atoms. The number of rotatable bonds is 13. The molecule has 9 nitrogen and oxygen atoms in total. The SMILES string of the molecule is COc1ccc(S(=O)(=O)N(CCO)CCO[C@@H]2C[C@H](c3ccc(F)cc3)C=C(C(=O)NCc3ccccc3)O2)cc1. The van der Waals surface area contributed by atoms with E-state index in [1.807, 2.05) is 30.3 Å². The van der Waals surface area contributed by atoms with Gasteiger partial charge in [0.1, 0.15) is 11.6 Å². The predicted molar refractivity (Wildman–Crippen MR) is 150 cm³/mol. The first kappa shape index (κ1) is 30.2. The van der Waals surface area contributed by atoms with E-state index in [0.717, 1.165) is 15.4 Å². The third kappa shape index (κ3) is 8.14. The van der Waals surface area contributed by atoms with Gasteiger partial charge in [-0.3, -0.25) is 4.79 Å². The number of amides is 1. The molecule has 0 unspecified atom stereocenters. The van der Waals surface area contributed by atoms with Crippen molar-refractivity contribution in [1.29, 1.82) is 0 Å². The molecule has 0 saturated heterocycles. The van der Waals surface area contributed by atoms with Gasteiger partial charge >= 0.3 is 0 Å². The number of aliphatic hydroxyl groups is 1. The summed E-state index contributed by atoms with van der Waals surface area (Å²) in [6.45, 7) is -0.332. The molecule has 0 radical (unpaired) electrons. The summed E-state index contributed by atoms with van der Waals surface area (Å²) in [7, 11) is -2.43. The second-order valence-corrected chi connectivity index (χ2v) is 11.3. The summed E-state index contributed by atoms with van der Waals surface area (Å²) < 4.78 is 58.0. The Labute approximate surface area is 239 Å². The van der Waals surface area contributed by atoms with Gasteiger partial charge in [0.2, 0.25) is 16.3 Å². The summed E-state index contributed by atoms with van der Waals surface area (Å²) >= 11 is 0. The van der Waals surface area contributed by atoms with Gasteiger partial charge in [0, 0.05) is 32.0 Å². The molecule has 4 rings (SSSR count). The van der Waals surface area contributed by atoms with Gasteiger partial charge in [-0.05, 0) is 53.6 Å². The number of methoxy groups -OCH3 is 1. The lowest BCUT2D eigenvalue weighted by molar-refractivity contribution is -0.146. The van der Waals surface area contributed by atoms with Crippen LogP contribution in [-0.2, 0) is 30.8 Å². The minimum atomic E-state index is -3.92. The molecule has 2 N–H and O–H groups in total. The van der Waals surface area contributed by atoms with Crippen LogP contribution in [0.15, 0.2) is 95.6 Å². The van der Waals surface area contributed by atoms with Crippen LogP contribution in [0.25, 0.3) is 0 Å². The highest BCUT2D eigenvalue weighted by atomic mass is 32.2. The molecule has 0 saturated carbocycles. The van der Waals surface area contributed by atoms with E-state index >= 15 is 0 Å². The lowest BCUT2D eigenvalue weighted by Gasteiger charge is -2.30. The number of halogens is 1. The summed E-state index contributed by atoms with van der Waals surface area (Å²) in [5.41, 5.74) is 1.70. The Bertz CT molecular complexity index is 1420. The first-order valence-electron chi connectivity index (χ1n) is 13.1. The van der Waals surface area contributed by atoms with Crippen molar-refractivity contribution in [2.45, 2.75) is 30.1 Å². The number of hydrogen-bond acceptors (Lipinski definition) is 7. The fourth-order valence-corrected chi connectivity index (χ4v) is 5.79. The molecule has 1 aliphatic heterocycles. The number of sulfonamides is 1. The number of carbonyl (C=O) groups is 1. The predicted octanol–water partition coefficient (Wildman–Crippen LogP) is 3.56. The zero-order valence-electron chi connectivity index (χ0n) is 22.6. The maximum Gasteiger partial charge on any atom is 0.286 e. The standard InChI is InChI=1S/C30H33FN2O7S/c1-38-26-11-13-27(14-12-26)41(36,37)33(15-17-34)16-18-39-29-20-24(23-7-9-25(31)10-8-23)19-28(40-29)30(35)32-21-22-5-3-2-4-6-22/h2-14,19,24,29,34H,15-18,20-21H2,1H3,(H,32,35)/t24-,29+/m1/s1. The highest BCUT2D eigenvalue weighted by Crippen LogP contribution is 2.32. The van der Waals surface area contributed by atoms with Gasteiger partial charge in [-0.15, -0.1) is 0 Å². The number of benzene rings is 3. The highest BCUT2D eigenvalue weighted by molar-refractivity contribution is 7.89. The summed E-state index contributed by atoms with van der Waals surface area (Å²) in [6, 6.07) is 21.4. The van der Waals surface area contributed by atoms with E-state index in [1.54, 1.807) is 30.3 Å². The number of nitrogens with zero attached hydrogens (tertiary/aromatic N) is 1. The minimum absolute atomic E-state index is 0.0531. The van der Waals surface area contributed by atoms with Crippen LogP contribution < -0.4 is 10.1 Å². The Balaban J connectivity index is 1.44. The maximum absolute atomic E-state index is 13.6. The van der Waals surface area contributed by atoms with Crippen molar-refractivity contribution in [1.82, 2.24) is 9.62 Å². The Morgan fingerprint density at radius 1 is 1.05 bits per heavy atom. The largest absolute Gasteiger partial charge is 0.497 e. The van der Waals surface area contributed by atoms with Crippen LogP contribution >= 0.6 is 0 Å². The molecule has 2 atom stereocenters. The zero-order valence-corrected chi connectivity index (χ0v) is 23.4. The molecule has 1 aliphatic rings. The Morgan fingerprint density at radius 2 is 1.76 bits per heavy atom. The smallest absolute Gasteiger partial charge is 0.286 e. The fraction of sp³-hybridized carbons (Fsp3) is 0.300. The Hall–Kier alpha value is -3.77. The molecule has 3 aromatic carbocycles. The minimum Gasteiger partial charge on any atom is -0.497 e. The van der Waals surface area contributed by atoms with Crippen LogP contribution in [0.5, 0.6) is 5.75 Å². The lowest BCUT2D eigenvalue weighted by Crippen LogP contribution is -2.38. The fourth-order valence-electron chi connectivity index (χ4n) is 4.37. The highest BCUT2D eigenvalue weighted by Gasteiger charge is 2.30. The van der Waals surface area contributed by atoms with E-state index in [9.17, 15) is 22.7 Å². The van der Waals surface area contributed by atoms with Gasteiger partial charge < -0.3 is 24.6 Å². The average Bonchev–Trinajstić information content (AvgIpc) is 3.00. The molecule has 1 heterocycles. The molecule has 41 heavy (non-hydrogen) atoms. The van der Waals surface area contributed by atoms with Crippen LogP contribution in [0.4, 0.5) is 4.39 Å². The summed E-state index contributed by atoms with van der Waals surface area (Å²) in [4.78, 5) is 13.1. The van der Waals surface area contributed by atoms with E-state index in [0.29, 0.717) is 18.7 Å². The number of nitrogens with one attached hydrogen (secondary N) is 1. The Morgan fingerprint density at radius 3 is 2.41 bits per heavy atom. The number of carbonyl (C=O) groups excluding carboxylic acids is 1. The van der Waals surface area contributed by atoms with Gasteiger partial charge in [0.25, 0.3) is 5.91 Å². The molecule has 3 aromatic rings. The lowest BCUT2D eigenvalue weighted by atomic mass is 9.93. The molecule has 218 valence electrons. The maximum atomic E-state index is 13.6. The third-order valence-corrected chi connectivity index (χ3v) is 8.48. The molecular formula is C30H33FN2O7S. The number of hydrogen-bond donors (Lipinski definition) is 2. The van der Waals surface area contributed by atoms with Crippen molar-refractivity contribution >= 4 is 15.9 Å². The van der Waals surface area contributed by atoms with Crippen LogP contribution in [-0.4, -0.2) is 63.4 Å². The van der Waals surface area contributed by atoms with E-state index < -0.39 is 22.2 Å². The molecule has 0 fully saturated rings.